The minimum absolute atomic E-state index is 0.103. The lowest BCUT2D eigenvalue weighted by molar-refractivity contribution is -0.119. The van der Waals surface area contributed by atoms with Crippen molar-refractivity contribution in [2.24, 2.45) is 5.92 Å². The van der Waals surface area contributed by atoms with E-state index < -0.39 is 5.60 Å². The lowest BCUT2D eigenvalue weighted by Gasteiger charge is -2.35. The third-order valence-corrected chi connectivity index (χ3v) is 3.18. The van der Waals surface area contributed by atoms with Crippen LogP contribution in [0.15, 0.2) is 0 Å². The van der Waals surface area contributed by atoms with E-state index in [-0.39, 0.29) is 24.0 Å². The molecule has 96 valence electrons. The van der Waals surface area contributed by atoms with Crippen LogP contribution in [0.25, 0.3) is 0 Å². The lowest BCUT2D eigenvalue weighted by atomic mass is 9.93. The predicted molar refractivity (Wildman–Crippen MR) is 62.5 cm³/mol. The summed E-state index contributed by atoms with van der Waals surface area (Å²) in [4.78, 5) is 24.9. The minimum Gasteiger partial charge on any atom is -0.444 e. The van der Waals surface area contributed by atoms with Gasteiger partial charge in [-0.15, -0.1) is 0 Å². The Labute approximate surface area is 101 Å². The Hall–Kier alpha value is -1.26. The van der Waals surface area contributed by atoms with E-state index in [9.17, 15) is 9.59 Å². The van der Waals surface area contributed by atoms with Gasteiger partial charge in [-0.05, 0) is 27.2 Å². The molecule has 0 bridgehead atoms. The number of piperidine rings is 1. The average Bonchev–Trinajstić information content (AvgIpc) is 2.53. The van der Waals surface area contributed by atoms with Crippen molar-refractivity contribution >= 4 is 12.0 Å². The standard InChI is InChI=1S/C12H20N2O3/c1-12(2,3)17-11(16)14-5-4-9-8(7-14)6-10(15)13-9/h8-9H,4-7H2,1-3H3,(H,13,15)/t8-,9+/m1/s1. The summed E-state index contributed by atoms with van der Waals surface area (Å²) in [6.45, 7) is 6.86. The Bertz CT molecular complexity index is 335. The fourth-order valence-corrected chi connectivity index (χ4v) is 2.43. The molecule has 0 saturated carbocycles. The van der Waals surface area contributed by atoms with Gasteiger partial charge in [0.2, 0.25) is 5.91 Å². The maximum absolute atomic E-state index is 11.9. The van der Waals surface area contributed by atoms with Crippen LogP contribution in [-0.2, 0) is 9.53 Å². The van der Waals surface area contributed by atoms with Crippen molar-refractivity contribution in [3.05, 3.63) is 0 Å². The molecule has 1 N–H and O–H groups in total. The van der Waals surface area contributed by atoms with Gasteiger partial charge in [0.25, 0.3) is 0 Å². The molecule has 0 aliphatic carbocycles. The molecule has 5 nitrogen and oxygen atoms in total. The zero-order valence-electron chi connectivity index (χ0n) is 10.7. The van der Waals surface area contributed by atoms with Gasteiger partial charge in [0.1, 0.15) is 5.60 Å². The normalized spacial score (nSPS) is 28.6. The van der Waals surface area contributed by atoms with Gasteiger partial charge in [-0.2, -0.15) is 0 Å². The Morgan fingerprint density at radius 3 is 2.82 bits per heavy atom. The van der Waals surface area contributed by atoms with Crippen LogP contribution in [0.1, 0.15) is 33.6 Å². The number of amides is 2. The molecular formula is C12H20N2O3. The van der Waals surface area contributed by atoms with Gasteiger partial charge in [-0.3, -0.25) is 4.79 Å². The first-order valence-electron chi connectivity index (χ1n) is 6.12. The molecule has 0 aromatic carbocycles. The smallest absolute Gasteiger partial charge is 0.410 e. The van der Waals surface area contributed by atoms with Crippen molar-refractivity contribution in [3.63, 3.8) is 0 Å². The molecule has 2 saturated heterocycles. The molecule has 2 fully saturated rings. The number of carbonyl (C=O) groups excluding carboxylic acids is 2. The summed E-state index contributed by atoms with van der Waals surface area (Å²) >= 11 is 0. The zero-order valence-corrected chi connectivity index (χ0v) is 10.7. The summed E-state index contributed by atoms with van der Waals surface area (Å²) in [5.74, 6) is 0.356. The van der Waals surface area contributed by atoms with Crippen molar-refractivity contribution in [3.8, 4) is 0 Å². The Kier molecular flexibility index (Phi) is 3.02. The molecule has 5 heteroatoms. The first-order chi connectivity index (χ1) is 7.85. The zero-order chi connectivity index (χ0) is 12.6. The number of nitrogens with zero attached hydrogens (tertiary/aromatic N) is 1. The van der Waals surface area contributed by atoms with E-state index in [1.54, 1.807) is 4.90 Å². The molecular weight excluding hydrogens is 220 g/mol. The second kappa shape index (κ2) is 4.20. The summed E-state index contributed by atoms with van der Waals surface area (Å²) in [6, 6.07) is 0.251. The number of ether oxygens (including phenoxy) is 1. The quantitative estimate of drug-likeness (QED) is 0.690. The van der Waals surface area contributed by atoms with Gasteiger partial charge in [0, 0.05) is 31.5 Å². The van der Waals surface area contributed by atoms with Gasteiger partial charge >= 0.3 is 6.09 Å². The SMILES string of the molecule is CC(C)(C)OC(=O)N1CC[C@@H]2NC(=O)C[C@@H]2C1. The molecule has 0 unspecified atom stereocenters. The van der Waals surface area contributed by atoms with Crippen molar-refractivity contribution < 1.29 is 14.3 Å². The van der Waals surface area contributed by atoms with Crippen molar-refractivity contribution in [1.82, 2.24) is 10.2 Å². The first kappa shape index (κ1) is 12.2. The molecule has 2 rings (SSSR count). The summed E-state index contributed by atoms with van der Waals surface area (Å²) in [7, 11) is 0. The number of carbonyl (C=O) groups is 2. The molecule has 2 amide bonds. The van der Waals surface area contributed by atoms with Crippen LogP contribution < -0.4 is 5.32 Å². The second-order valence-corrected chi connectivity index (χ2v) is 5.85. The summed E-state index contributed by atoms with van der Waals surface area (Å²) < 4.78 is 5.33. The summed E-state index contributed by atoms with van der Waals surface area (Å²) in [5, 5.41) is 2.95. The lowest BCUT2D eigenvalue weighted by Crippen LogP contribution is -2.48. The number of hydrogen-bond acceptors (Lipinski definition) is 3. The number of likely N-dealkylation sites (tertiary alicyclic amines) is 1. The molecule has 2 aliphatic rings. The van der Waals surface area contributed by atoms with Crippen molar-refractivity contribution in [2.45, 2.75) is 45.3 Å². The van der Waals surface area contributed by atoms with Crippen LogP contribution >= 0.6 is 0 Å². The molecule has 0 spiro atoms. The molecule has 2 heterocycles. The maximum Gasteiger partial charge on any atom is 0.410 e. The molecule has 2 aliphatic heterocycles. The second-order valence-electron chi connectivity index (χ2n) is 5.85. The molecule has 0 aromatic heterocycles. The van der Waals surface area contributed by atoms with E-state index in [1.807, 2.05) is 20.8 Å². The van der Waals surface area contributed by atoms with E-state index in [0.717, 1.165) is 6.42 Å². The van der Waals surface area contributed by atoms with Crippen molar-refractivity contribution in [1.29, 1.82) is 0 Å². The highest BCUT2D eigenvalue weighted by Crippen LogP contribution is 2.26. The average molecular weight is 240 g/mol. The van der Waals surface area contributed by atoms with Crippen LogP contribution in [0.2, 0.25) is 0 Å². The molecule has 2 atom stereocenters. The maximum atomic E-state index is 11.9. The van der Waals surface area contributed by atoms with Crippen LogP contribution in [0.4, 0.5) is 4.79 Å². The van der Waals surface area contributed by atoms with Crippen molar-refractivity contribution in [2.75, 3.05) is 13.1 Å². The van der Waals surface area contributed by atoms with E-state index in [0.29, 0.717) is 19.5 Å². The fourth-order valence-electron chi connectivity index (χ4n) is 2.43. The Balaban J connectivity index is 1.92. The third kappa shape index (κ3) is 2.90. The topological polar surface area (TPSA) is 58.6 Å². The fraction of sp³-hybridized carbons (Fsp3) is 0.833. The summed E-state index contributed by atoms with van der Waals surface area (Å²) in [5.41, 5.74) is -0.461. The number of rotatable bonds is 0. The minimum atomic E-state index is -0.461. The molecule has 0 radical (unpaired) electrons. The van der Waals surface area contributed by atoms with E-state index in [1.165, 1.54) is 0 Å². The predicted octanol–water partition coefficient (Wildman–Crippen LogP) is 1.13. The number of nitrogens with one attached hydrogen (secondary N) is 1. The number of hydrogen-bond donors (Lipinski definition) is 1. The van der Waals surface area contributed by atoms with Crippen LogP contribution in [0.3, 0.4) is 0 Å². The molecule has 0 aromatic rings. The highest BCUT2D eigenvalue weighted by molar-refractivity contribution is 5.79. The number of fused-ring (bicyclic) bond motifs is 1. The van der Waals surface area contributed by atoms with Gasteiger partial charge in [-0.25, -0.2) is 4.79 Å². The van der Waals surface area contributed by atoms with Crippen LogP contribution in [-0.4, -0.2) is 41.6 Å². The van der Waals surface area contributed by atoms with E-state index in [4.69, 9.17) is 4.74 Å². The van der Waals surface area contributed by atoms with Gasteiger partial charge in [0.05, 0.1) is 0 Å². The third-order valence-electron chi connectivity index (χ3n) is 3.18. The van der Waals surface area contributed by atoms with Crippen LogP contribution in [0, 0.1) is 5.92 Å². The highest BCUT2D eigenvalue weighted by atomic mass is 16.6. The van der Waals surface area contributed by atoms with E-state index >= 15 is 0 Å². The van der Waals surface area contributed by atoms with E-state index in [2.05, 4.69) is 5.32 Å². The van der Waals surface area contributed by atoms with Gasteiger partial charge < -0.3 is 15.0 Å². The Morgan fingerprint density at radius 2 is 2.18 bits per heavy atom. The molecule has 17 heavy (non-hydrogen) atoms. The Morgan fingerprint density at radius 1 is 1.47 bits per heavy atom. The first-order valence-corrected chi connectivity index (χ1v) is 6.12. The largest absolute Gasteiger partial charge is 0.444 e. The van der Waals surface area contributed by atoms with Gasteiger partial charge in [-0.1, -0.05) is 0 Å². The van der Waals surface area contributed by atoms with Crippen LogP contribution in [0.5, 0.6) is 0 Å². The monoisotopic (exact) mass is 240 g/mol. The van der Waals surface area contributed by atoms with Gasteiger partial charge in [0.15, 0.2) is 0 Å². The summed E-state index contributed by atoms with van der Waals surface area (Å²) in [6.07, 6.45) is 1.09. The highest BCUT2D eigenvalue weighted by Gasteiger charge is 2.39.